The number of halogens is 1. The minimum atomic E-state index is 0.749. The van der Waals surface area contributed by atoms with E-state index in [1.54, 1.807) is 0 Å². The predicted molar refractivity (Wildman–Crippen MR) is 72.2 cm³/mol. The van der Waals surface area contributed by atoms with Gasteiger partial charge in [0.05, 0.1) is 10.2 Å². The predicted octanol–water partition coefficient (Wildman–Crippen LogP) is 2.69. The number of rotatable bonds is 5. The summed E-state index contributed by atoms with van der Waals surface area (Å²) in [6, 6.07) is 0. The van der Waals surface area contributed by atoms with Crippen molar-refractivity contribution >= 4 is 27.7 Å². The Hall–Kier alpha value is -0.840. The summed E-state index contributed by atoms with van der Waals surface area (Å²) in [6.45, 7) is 5.15. The molecule has 0 spiro atoms. The van der Waals surface area contributed by atoms with Crippen LogP contribution in [-0.4, -0.2) is 30.6 Å². The summed E-state index contributed by atoms with van der Waals surface area (Å²) in [5.41, 5.74) is 1.04. The van der Waals surface area contributed by atoms with Crippen LogP contribution >= 0.6 is 15.9 Å². The highest BCUT2D eigenvalue weighted by atomic mass is 79.9. The lowest BCUT2D eigenvalue weighted by atomic mass is 10.3. The van der Waals surface area contributed by atoms with Crippen LogP contribution in [0.4, 0.5) is 11.8 Å². The van der Waals surface area contributed by atoms with Crippen LogP contribution in [0.3, 0.4) is 0 Å². The molecule has 1 heterocycles. The van der Waals surface area contributed by atoms with Crippen LogP contribution in [0.1, 0.15) is 26.0 Å². The maximum Gasteiger partial charge on any atom is 0.227 e. The summed E-state index contributed by atoms with van der Waals surface area (Å²) >= 11 is 3.55. The Morgan fingerprint density at radius 2 is 1.94 bits per heavy atom. The molecule has 90 valence electrons. The van der Waals surface area contributed by atoms with E-state index in [-0.39, 0.29) is 0 Å². The molecule has 0 atom stereocenters. The average molecular weight is 287 g/mol. The molecule has 0 radical (unpaired) electrons. The monoisotopic (exact) mass is 286 g/mol. The van der Waals surface area contributed by atoms with Gasteiger partial charge < -0.3 is 10.2 Å². The molecule has 0 aliphatic carbocycles. The Kier molecular flexibility index (Phi) is 4.99. The van der Waals surface area contributed by atoms with Crippen LogP contribution in [0.2, 0.25) is 0 Å². The van der Waals surface area contributed by atoms with Crippen molar-refractivity contribution < 1.29 is 0 Å². The summed E-state index contributed by atoms with van der Waals surface area (Å²) in [5, 5.41) is 3.31. The lowest BCUT2D eigenvalue weighted by Gasteiger charge is -2.15. The van der Waals surface area contributed by atoms with Crippen molar-refractivity contribution in [1.29, 1.82) is 0 Å². The van der Waals surface area contributed by atoms with Gasteiger partial charge in [0.1, 0.15) is 5.82 Å². The molecule has 0 saturated heterocycles. The Morgan fingerprint density at radius 1 is 1.25 bits per heavy atom. The maximum atomic E-state index is 4.49. The van der Waals surface area contributed by atoms with Gasteiger partial charge in [-0.15, -0.1) is 0 Å². The van der Waals surface area contributed by atoms with Crippen molar-refractivity contribution in [2.24, 2.45) is 0 Å². The molecular formula is C11H19BrN4. The molecule has 0 aromatic carbocycles. The van der Waals surface area contributed by atoms with E-state index in [0.29, 0.717) is 0 Å². The third-order valence-corrected chi connectivity index (χ3v) is 3.02. The Balaban J connectivity index is 3.08. The number of aromatic nitrogens is 2. The molecule has 5 heteroatoms. The van der Waals surface area contributed by atoms with E-state index in [0.717, 1.165) is 41.3 Å². The maximum absolute atomic E-state index is 4.49. The van der Waals surface area contributed by atoms with Crippen molar-refractivity contribution in [2.75, 3.05) is 30.9 Å². The summed E-state index contributed by atoms with van der Waals surface area (Å²) in [7, 11) is 3.90. The Bertz CT molecular complexity index is 352. The molecule has 4 nitrogen and oxygen atoms in total. The molecule has 0 amide bonds. The van der Waals surface area contributed by atoms with E-state index in [4.69, 9.17) is 0 Å². The molecule has 1 aromatic rings. The van der Waals surface area contributed by atoms with Gasteiger partial charge >= 0.3 is 0 Å². The van der Waals surface area contributed by atoms with Crippen LogP contribution < -0.4 is 10.2 Å². The highest BCUT2D eigenvalue weighted by Gasteiger charge is 2.11. The van der Waals surface area contributed by atoms with Gasteiger partial charge in [-0.25, -0.2) is 4.98 Å². The van der Waals surface area contributed by atoms with Gasteiger partial charge in [0.15, 0.2) is 0 Å². The lowest BCUT2D eigenvalue weighted by molar-refractivity contribution is 0.912. The average Bonchev–Trinajstić information content (AvgIpc) is 2.27. The van der Waals surface area contributed by atoms with Crippen molar-refractivity contribution in [1.82, 2.24) is 9.97 Å². The first-order valence-corrected chi connectivity index (χ1v) is 6.37. The minimum Gasteiger partial charge on any atom is -0.369 e. The molecule has 0 saturated carbocycles. The summed E-state index contributed by atoms with van der Waals surface area (Å²) < 4.78 is 0.981. The largest absolute Gasteiger partial charge is 0.369 e. The first kappa shape index (κ1) is 13.2. The number of hydrogen-bond acceptors (Lipinski definition) is 4. The fourth-order valence-corrected chi connectivity index (χ4v) is 1.87. The number of nitrogens with one attached hydrogen (secondary N) is 1. The molecule has 0 aliphatic heterocycles. The second-order valence-corrected chi connectivity index (χ2v) is 4.60. The number of aryl methyl sites for hydroxylation is 1. The first-order valence-electron chi connectivity index (χ1n) is 5.57. The van der Waals surface area contributed by atoms with E-state index in [1.807, 2.05) is 19.0 Å². The second kappa shape index (κ2) is 6.03. The van der Waals surface area contributed by atoms with Gasteiger partial charge in [-0.05, 0) is 28.8 Å². The molecule has 0 aliphatic rings. The minimum absolute atomic E-state index is 0.749. The molecule has 1 rings (SSSR count). The van der Waals surface area contributed by atoms with E-state index >= 15 is 0 Å². The van der Waals surface area contributed by atoms with Crippen molar-refractivity contribution in [2.45, 2.75) is 26.7 Å². The van der Waals surface area contributed by atoms with Gasteiger partial charge in [-0.2, -0.15) is 4.98 Å². The van der Waals surface area contributed by atoms with Crippen molar-refractivity contribution in [3.8, 4) is 0 Å². The van der Waals surface area contributed by atoms with Gasteiger partial charge in [-0.1, -0.05) is 13.8 Å². The molecule has 0 bridgehead atoms. The van der Waals surface area contributed by atoms with E-state index in [2.05, 4.69) is 45.1 Å². The van der Waals surface area contributed by atoms with E-state index < -0.39 is 0 Å². The van der Waals surface area contributed by atoms with Crippen LogP contribution in [0.25, 0.3) is 0 Å². The highest BCUT2D eigenvalue weighted by molar-refractivity contribution is 9.10. The zero-order chi connectivity index (χ0) is 12.1. The van der Waals surface area contributed by atoms with Crippen molar-refractivity contribution in [3.63, 3.8) is 0 Å². The number of anilines is 2. The van der Waals surface area contributed by atoms with Crippen LogP contribution in [-0.2, 0) is 6.42 Å². The molecule has 1 aromatic heterocycles. The molecule has 0 fully saturated rings. The first-order chi connectivity index (χ1) is 7.60. The fraction of sp³-hybridized carbons (Fsp3) is 0.636. The number of hydrogen-bond donors (Lipinski definition) is 1. The smallest absolute Gasteiger partial charge is 0.227 e. The molecule has 0 unspecified atom stereocenters. The normalized spacial score (nSPS) is 10.3. The highest BCUT2D eigenvalue weighted by Crippen LogP contribution is 2.26. The second-order valence-electron chi connectivity index (χ2n) is 3.81. The van der Waals surface area contributed by atoms with Crippen LogP contribution in [0, 0.1) is 0 Å². The zero-order valence-corrected chi connectivity index (χ0v) is 11.9. The summed E-state index contributed by atoms with van der Waals surface area (Å²) in [6.07, 6.45) is 1.97. The standard InChI is InChI=1S/C11H19BrN4/c1-5-7-13-10-9(12)8(6-2)14-11(15-10)16(3)4/h5-7H2,1-4H3,(H,13,14,15). The fourth-order valence-electron chi connectivity index (χ4n) is 1.28. The third kappa shape index (κ3) is 3.07. The Labute approximate surface area is 106 Å². The van der Waals surface area contributed by atoms with Gasteiger partial charge in [-0.3, -0.25) is 0 Å². The summed E-state index contributed by atoms with van der Waals surface area (Å²) in [4.78, 5) is 10.9. The van der Waals surface area contributed by atoms with E-state index in [9.17, 15) is 0 Å². The molecular weight excluding hydrogens is 268 g/mol. The van der Waals surface area contributed by atoms with Crippen LogP contribution in [0.15, 0.2) is 4.47 Å². The van der Waals surface area contributed by atoms with Gasteiger partial charge in [0, 0.05) is 20.6 Å². The van der Waals surface area contributed by atoms with Crippen molar-refractivity contribution in [3.05, 3.63) is 10.2 Å². The van der Waals surface area contributed by atoms with E-state index in [1.165, 1.54) is 0 Å². The van der Waals surface area contributed by atoms with Crippen LogP contribution in [0.5, 0.6) is 0 Å². The zero-order valence-electron chi connectivity index (χ0n) is 10.3. The third-order valence-electron chi connectivity index (χ3n) is 2.19. The van der Waals surface area contributed by atoms with Gasteiger partial charge in [0.25, 0.3) is 0 Å². The quantitative estimate of drug-likeness (QED) is 0.904. The summed E-state index contributed by atoms with van der Waals surface area (Å²) in [5.74, 6) is 1.64. The van der Waals surface area contributed by atoms with Gasteiger partial charge in [0.2, 0.25) is 5.95 Å². The molecule has 1 N–H and O–H groups in total. The number of nitrogens with zero attached hydrogens (tertiary/aromatic N) is 3. The molecule has 16 heavy (non-hydrogen) atoms. The SMILES string of the molecule is CCCNc1nc(N(C)C)nc(CC)c1Br. The topological polar surface area (TPSA) is 41.1 Å². The lowest BCUT2D eigenvalue weighted by Crippen LogP contribution is -2.16. The Morgan fingerprint density at radius 3 is 2.44 bits per heavy atom.